The Labute approximate surface area is 143 Å². The van der Waals surface area contributed by atoms with Gasteiger partial charge >= 0.3 is 6.03 Å². The number of likely N-dealkylation sites (N-methyl/N-ethyl adjacent to an activating group) is 1. The summed E-state index contributed by atoms with van der Waals surface area (Å²) in [5.41, 5.74) is 0. The first-order valence-corrected chi connectivity index (χ1v) is 9.44. The molecule has 1 unspecified atom stereocenters. The van der Waals surface area contributed by atoms with Crippen molar-refractivity contribution in [2.24, 2.45) is 5.92 Å². The molecule has 0 aromatic carbocycles. The number of aliphatic hydroxyl groups excluding tert-OH is 1. The average molecular weight is 340 g/mol. The highest BCUT2D eigenvalue weighted by Crippen LogP contribution is 2.29. The third-order valence-corrected chi connectivity index (χ3v) is 5.59. The number of aliphatic hydroxyl groups is 1. The second-order valence-corrected chi connectivity index (χ2v) is 7.22. The van der Waals surface area contributed by atoms with Crippen LogP contribution in [0.25, 0.3) is 0 Å². The van der Waals surface area contributed by atoms with E-state index in [2.05, 4.69) is 34.7 Å². The number of piperidine rings is 1. The molecule has 1 fully saturated rings. The summed E-state index contributed by atoms with van der Waals surface area (Å²) in [5, 5.41) is 14.2. The number of carbonyl (C=O) groups excluding carboxylic acids is 1. The summed E-state index contributed by atoms with van der Waals surface area (Å²) in [7, 11) is 0. The summed E-state index contributed by atoms with van der Waals surface area (Å²) in [6.45, 7) is 8.03. The van der Waals surface area contributed by atoms with E-state index >= 15 is 0 Å². The fourth-order valence-electron chi connectivity index (χ4n) is 3.05. The molecule has 2 heterocycles. The smallest absolute Gasteiger partial charge is 0.317 e. The molecule has 1 aromatic heterocycles. The molecule has 1 aromatic rings. The van der Waals surface area contributed by atoms with Crippen LogP contribution in [0, 0.1) is 5.92 Å². The fraction of sp³-hybridized carbons (Fsp3) is 0.706. The van der Waals surface area contributed by atoms with Crippen molar-refractivity contribution in [3.05, 3.63) is 22.4 Å². The van der Waals surface area contributed by atoms with Crippen molar-refractivity contribution < 1.29 is 9.90 Å². The molecule has 130 valence electrons. The Morgan fingerprint density at radius 1 is 1.52 bits per heavy atom. The monoisotopic (exact) mass is 339 g/mol. The van der Waals surface area contributed by atoms with E-state index < -0.39 is 0 Å². The molecule has 0 saturated carbocycles. The molecule has 1 saturated heterocycles. The van der Waals surface area contributed by atoms with Crippen LogP contribution in [0.4, 0.5) is 4.79 Å². The summed E-state index contributed by atoms with van der Waals surface area (Å²) in [5.74, 6) is 0.796. The molecule has 0 aliphatic carbocycles. The lowest BCUT2D eigenvalue weighted by atomic mass is 9.97. The first kappa shape index (κ1) is 18.2. The van der Waals surface area contributed by atoms with Crippen molar-refractivity contribution >= 4 is 17.4 Å². The van der Waals surface area contributed by atoms with Crippen LogP contribution in [0.15, 0.2) is 17.5 Å². The second kappa shape index (κ2) is 9.25. The molecular weight excluding hydrogens is 310 g/mol. The zero-order valence-corrected chi connectivity index (χ0v) is 15.0. The van der Waals surface area contributed by atoms with Crippen molar-refractivity contribution in [3.63, 3.8) is 0 Å². The molecule has 1 atom stereocenters. The Hall–Kier alpha value is -1.11. The zero-order chi connectivity index (χ0) is 16.7. The van der Waals surface area contributed by atoms with Crippen LogP contribution in [0.3, 0.4) is 0 Å². The normalized spacial score (nSPS) is 17.9. The van der Waals surface area contributed by atoms with E-state index in [0.29, 0.717) is 19.6 Å². The lowest BCUT2D eigenvalue weighted by molar-refractivity contribution is 0.134. The van der Waals surface area contributed by atoms with Gasteiger partial charge in [-0.3, -0.25) is 4.90 Å². The number of rotatable bonds is 7. The van der Waals surface area contributed by atoms with Gasteiger partial charge in [0.2, 0.25) is 0 Å². The van der Waals surface area contributed by atoms with E-state index in [1.54, 1.807) is 16.2 Å². The zero-order valence-electron chi connectivity index (χ0n) is 14.2. The van der Waals surface area contributed by atoms with E-state index in [1.807, 2.05) is 6.92 Å². The molecule has 23 heavy (non-hydrogen) atoms. The van der Waals surface area contributed by atoms with Crippen molar-refractivity contribution in [1.29, 1.82) is 0 Å². The third kappa shape index (κ3) is 5.19. The average Bonchev–Trinajstić information content (AvgIpc) is 3.08. The van der Waals surface area contributed by atoms with E-state index in [1.165, 1.54) is 17.7 Å². The van der Waals surface area contributed by atoms with Crippen LogP contribution < -0.4 is 5.32 Å². The highest BCUT2D eigenvalue weighted by molar-refractivity contribution is 7.10. The van der Waals surface area contributed by atoms with Crippen LogP contribution in [0.1, 0.15) is 37.6 Å². The third-order valence-electron chi connectivity index (χ3n) is 4.62. The van der Waals surface area contributed by atoms with Gasteiger partial charge in [-0.1, -0.05) is 13.0 Å². The molecular formula is C17H29N3O2S. The van der Waals surface area contributed by atoms with Gasteiger partial charge in [-0.2, -0.15) is 0 Å². The minimum Gasteiger partial charge on any atom is -0.395 e. The Balaban J connectivity index is 1.97. The van der Waals surface area contributed by atoms with Crippen LogP contribution >= 0.6 is 11.3 Å². The van der Waals surface area contributed by atoms with Gasteiger partial charge in [0.15, 0.2) is 0 Å². The maximum atomic E-state index is 12.3. The van der Waals surface area contributed by atoms with Gasteiger partial charge in [0.05, 0.1) is 12.6 Å². The van der Waals surface area contributed by atoms with Gasteiger partial charge in [0.1, 0.15) is 0 Å². The van der Waals surface area contributed by atoms with Gasteiger partial charge in [-0.05, 0) is 50.2 Å². The van der Waals surface area contributed by atoms with Crippen molar-refractivity contribution in [2.75, 3.05) is 39.3 Å². The van der Waals surface area contributed by atoms with Crippen molar-refractivity contribution in [2.45, 2.75) is 32.7 Å². The Kier molecular flexibility index (Phi) is 7.33. The van der Waals surface area contributed by atoms with Gasteiger partial charge < -0.3 is 15.3 Å². The number of thiophene rings is 1. The van der Waals surface area contributed by atoms with Crippen LogP contribution in [0.2, 0.25) is 0 Å². The molecule has 5 nitrogen and oxygen atoms in total. The summed E-state index contributed by atoms with van der Waals surface area (Å²) in [4.78, 5) is 17.7. The number of nitrogens with zero attached hydrogens (tertiary/aromatic N) is 2. The van der Waals surface area contributed by atoms with Gasteiger partial charge in [0, 0.05) is 24.5 Å². The Morgan fingerprint density at radius 2 is 2.26 bits per heavy atom. The van der Waals surface area contributed by atoms with Crippen LogP contribution in [-0.2, 0) is 0 Å². The van der Waals surface area contributed by atoms with Crippen LogP contribution in [-0.4, -0.2) is 60.3 Å². The number of nitrogens with one attached hydrogen (secondary N) is 1. The highest BCUT2D eigenvalue weighted by atomic mass is 32.1. The summed E-state index contributed by atoms with van der Waals surface area (Å²) in [6, 6.07) is 4.39. The summed E-state index contributed by atoms with van der Waals surface area (Å²) in [6.07, 6.45) is 2.45. The molecule has 2 amide bonds. The summed E-state index contributed by atoms with van der Waals surface area (Å²) < 4.78 is 0. The number of urea groups is 1. The first-order chi connectivity index (χ1) is 11.2. The molecule has 0 spiro atoms. The van der Waals surface area contributed by atoms with Gasteiger partial charge in [-0.15, -0.1) is 11.3 Å². The number of hydrogen-bond donors (Lipinski definition) is 2. The molecule has 6 heteroatoms. The molecule has 0 bridgehead atoms. The highest BCUT2D eigenvalue weighted by Gasteiger charge is 2.26. The lowest BCUT2D eigenvalue weighted by Crippen LogP contribution is -2.46. The minimum atomic E-state index is -0.0894. The molecule has 2 N–H and O–H groups in total. The summed E-state index contributed by atoms with van der Waals surface area (Å²) >= 11 is 1.75. The number of hydrogen-bond acceptors (Lipinski definition) is 4. The van der Waals surface area contributed by atoms with Crippen molar-refractivity contribution in [1.82, 2.24) is 15.1 Å². The maximum absolute atomic E-state index is 12.3. The van der Waals surface area contributed by atoms with E-state index in [-0.39, 0.29) is 18.7 Å². The van der Waals surface area contributed by atoms with E-state index in [0.717, 1.165) is 19.0 Å². The topological polar surface area (TPSA) is 55.8 Å². The first-order valence-electron chi connectivity index (χ1n) is 8.56. The van der Waals surface area contributed by atoms with Gasteiger partial charge in [-0.25, -0.2) is 4.79 Å². The number of amides is 2. The number of likely N-dealkylation sites (tertiary alicyclic amines) is 1. The molecule has 1 aliphatic rings. The van der Waals surface area contributed by atoms with Crippen LogP contribution in [0.5, 0.6) is 0 Å². The maximum Gasteiger partial charge on any atom is 0.317 e. The second-order valence-electron chi connectivity index (χ2n) is 6.24. The molecule has 0 radical (unpaired) electrons. The molecule has 2 rings (SSSR count). The largest absolute Gasteiger partial charge is 0.395 e. The van der Waals surface area contributed by atoms with E-state index in [9.17, 15) is 4.79 Å². The quantitative estimate of drug-likeness (QED) is 0.803. The standard InChI is InChI=1S/C17H29N3O2S/c1-3-19(10-11-21)17(22)18-13-15(16-5-4-12-23-16)20-8-6-14(2)7-9-20/h4-5,12,14-15,21H,3,6-11,13H2,1-2H3,(H,18,22). The van der Waals surface area contributed by atoms with Crippen molar-refractivity contribution in [3.8, 4) is 0 Å². The fourth-order valence-corrected chi connectivity index (χ4v) is 3.91. The van der Waals surface area contributed by atoms with Gasteiger partial charge in [0.25, 0.3) is 0 Å². The number of carbonyl (C=O) groups is 1. The molecule has 1 aliphatic heterocycles. The van der Waals surface area contributed by atoms with E-state index in [4.69, 9.17) is 5.11 Å². The Morgan fingerprint density at radius 3 is 2.83 bits per heavy atom. The minimum absolute atomic E-state index is 0.000370. The predicted octanol–water partition coefficient (Wildman–Crippen LogP) is 2.54. The SMILES string of the molecule is CCN(CCO)C(=O)NCC(c1cccs1)N1CCC(C)CC1. The Bertz CT molecular complexity index is 458. The lowest BCUT2D eigenvalue weighted by Gasteiger charge is -2.36. The predicted molar refractivity (Wildman–Crippen MR) is 94.8 cm³/mol.